The lowest BCUT2D eigenvalue weighted by Crippen LogP contribution is -2.54. The van der Waals surface area contributed by atoms with E-state index in [0.717, 1.165) is 12.8 Å². The summed E-state index contributed by atoms with van der Waals surface area (Å²) in [7, 11) is -3.99. The number of nitrogens with one attached hydrogen (secondary N) is 1. The zero-order chi connectivity index (χ0) is 27.7. The molecule has 5 atom stereocenters. The molecule has 1 aromatic carbocycles. The van der Waals surface area contributed by atoms with Gasteiger partial charge in [0.1, 0.15) is 18.1 Å². The van der Waals surface area contributed by atoms with E-state index in [0.29, 0.717) is 17.9 Å². The lowest BCUT2D eigenvalue weighted by molar-refractivity contribution is -0.0980. The topological polar surface area (TPSA) is 91.7 Å². The number of aromatic nitrogens is 2. The fraction of sp³-hybridized carbons (Fsp3) is 0.607. The van der Waals surface area contributed by atoms with Gasteiger partial charge < -0.3 is 18.9 Å². The van der Waals surface area contributed by atoms with E-state index in [2.05, 4.69) is 63.8 Å². The van der Waals surface area contributed by atoms with Crippen LogP contribution in [0.5, 0.6) is 0 Å². The second kappa shape index (κ2) is 8.95. The van der Waals surface area contributed by atoms with E-state index in [1.807, 2.05) is 6.07 Å². The summed E-state index contributed by atoms with van der Waals surface area (Å²) in [4.78, 5) is 29.8. The number of rotatable bonds is 7. The van der Waals surface area contributed by atoms with Crippen LogP contribution in [0.2, 0.25) is 37.8 Å². The molecule has 3 fully saturated rings. The summed E-state index contributed by atoms with van der Waals surface area (Å²) in [6.45, 7) is 18.0. The Morgan fingerprint density at radius 1 is 1.05 bits per heavy atom. The molecule has 1 unspecified atom stereocenters. The SMILES string of the molecule is CC(C)(C)[Si](C)(C)O[C@]12C[C@@H]1C[C@]1(O[Si](C)(C)C)CC(n3ccc(NC(=O)c4ccccc4)nc3=O)O[C@@H]12. The summed E-state index contributed by atoms with van der Waals surface area (Å²) in [5.74, 6) is 0.324. The standard InChI is InChI=1S/C28H41N3O5Si2/c1-26(2,3)38(7,8)36-28-17-20(28)16-27(35-37(4,5)6)18-22(34-24(27)28)31-15-14-21(30-25(31)33)29-23(32)19-12-10-9-11-13-19/h9-15,20,22,24H,16-18H2,1-8H3,(H,29,30,32,33)/t20-,22?,24-,27-,28+/m0/s1. The van der Waals surface area contributed by atoms with Crippen LogP contribution < -0.4 is 11.0 Å². The molecule has 3 aliphatic rings. The number of fused-ring (bicyclic) bond motifs is 3. The van der Waals surface area contributed by atoms with Gasteiger partial charge in [-0.3, -0.25) is 9.36 Å². The Kier molecular flexibility index (Phi) is 6.47. The van der Waals surface area contributed by atoms with Gasteiger partial charge >= 0.3 is 5.69 Å². The highest BCUT2D eigenvalue weighted by Gasteiger charge is 2.78. The van der Waals surface area contributed by atoms with Crippen LogP contribution in [-0.2, 0) is 13.6 Å². The number of carbonyl (C=O) groups is 1. The normalized spacial score (nSPS) is 30.6. The zero-order valence-corrected chi connectivity index (χ0v) is 25.8. The van der Waals surface area contributed by atoms with Gasteiger partial charge in [-0.25, -0.2) is 4.79 Å². The maximum atomic E-state index is 13.2. The third kappa shape index (κ3) is 4.85. The Hall–Kier alpha value is -2.12. The molecular weight excluding hydrogens is 514 g/mol. The molecule has 1 saturated heterocycles. The largest absolute Gasteiger partial charge is 0.409 e. The Balaban J connectivity index is 1.40. The lowest BCUT2D eigenvalue weighted by Gasteiger charge is -2.43. The Morgan fingerprint density at radius 3 is 2.34 bits per heavy atom. The van der Waals surface area contributed by atoms with Gasteiger partial charge in [0.05, 0.1) is 11.2 Å². The summed E-state index contributed by atoms with van der Waals surface area (Å²) >= 11 is 0. The predicted octanol–water partition coefficient (Wildman–Crippen LogP) is 5.56. The molecule has 1 N–H and O–H groups in total. The van der Waals surface area contributed by atoms with Crippen LogP contribution in [0.3, 0.4) is 0 Å². The number of amides is 1. The molecule has 0 bridgehead atoms. The molecule has 0 radical (unpaired) electrons. The molecule has 206 valence electrons. The molecule has 2 aromatic rings. The fourth-order valence-electron chi connectivity index (χ4n) is 5.99. The van der Waals surface area contributed by atoms with E-state index < -0.39 is 34.2 Å². The first-order chi connectivity index (χ1) is 17.6. The molecule has 2 saturated carbocycles. The van der Waals surface area contributed by atoms with Gasteiger partial charge in [-0.05, 0) is 74.7 Å². The van der Waals surface area contributed by atoms with Crippen molar-refractivity contribution in [3.63, 3.8) is 0 Å². The van der Waals surface area contributed by atoms with Crippen molar-refractivity contribution in [2.24, 2.45) is 5.92 Å². The van der Waals surface area contributed by atoms with Gasteiger partial charge in [0.25, 0.3) is 5.91 Å². The van der Waals surface area contributed by atoms with Crippen molar-refractivity contribution in [1.82, 2.24) is 9.55 Å². The van der Waals surface area contributed by atoms with E-state index in [9.17, 15) is 9.59 Å². The van der Waals surface area contributed by atoms with E-state index in [1.54, 1.807) is 36.5 Å². The minimum Gasteiger partial charge on any atom is -0.409 e. The molecule has 1 aliphatic heterocycles. The number of ether oxygens (including phenoxy) is 1. The average molecular weight is 556 g/mol. The van der Waals surface area contributed by atoms with E-state index in [1.165, 1.54) is 4.57 Å². The molecule has 1 amide bonds. The first-order valence-corrected chi connectivity index (χ1v) is 19.9. The average Bonchev–Trinajstić information content (AvgIpc) is 3.21. The van der Waals surface area contributed by atoms with Crippen molar-refractivity contribution in [1.29, 1.82) is 0 Å². The monoisotopic (exact) mass is 555 g/mol. The molecule has 1 aromatic heterocycles. The van der Waals surface area contributed by atoms with Crippen molar-refractivity contribution in [3.8, 4) is 0 Å². The summed E-state index contributed by atoms with van der Waals surface area (Å²) in [6, 6.07) is 10.5. The number of benzene rings is 1. The lowest BCUT2D eigenvalue weighted by atomic mass is 9.92. The smallest absolute Gasteiger partial charge is 0.351 e. The second-order valence-corrected chi connectivity index (χ2v) is 22.9. The molecule has 0 spiro atoms. The fourth-order valence-corrected chi connectivity index (χ4v) is 9.10. The number of anilines is 1. The van der Waals surface area contributed by atoms with Gasteiger partial charge in [-0.1, -0.05) is 39.0 Å². The van der Waals surface area contributed by atoms with E-state index in [-0.39, 0.29) is 28.5 Å². The summed E-state index contributed by atoms with van der Waals surface area (Å²) in [5, 5.41) is 2.80. The Morgan fingerprint density at radius 2 is 1.74 bits per heavy atom. The van der Waals surface area contributed by atoms with Crippen molar-refractivity contribution in [2.45, 2.75) is 101 Å². The van der Waals surface area contributed by atoms with Crippen LogP contribution in [0.1, 0.15) is 56.6 Å². The summed E-state index contributed by atoms with van der Waals surface area (Å²) in [5.41, 5.74) is -0.782. The third-order valence-electron chi connectivity index (χ3n) is 8.60. The van der Waals surface area contributed by atoms with Crippen molar-refractivity contribution in [3.05, 3.63) is 58.6 Å². The summed E-state index contributed by atoms with van der Waals surface area (Å²) < 4.78 is 22.3. The van der Waals surface area contributed by atoms with Gasteiger partial charge in [-0.2, -0.15) is 4.98 Å². The molecule has 2 heterocycles. The summed E-state index contributed by atoms with van der Waals surface area (Å²) in [6.07, 6.45) is 3.38. The quantitative estimate of drug-likeness (QED) is 0.450. The van der Waals surface area contributed by atoms with Crippen molar-refractivity contribution < 1.29 is 18.4 Å². The second-order valence-electron chi connectivity index (χ2n) is 13.7. The van der Waals surface area contributed by atoms with Crippen molar-refractivity contribution >= 4 is 28.4 Å². The Bertz CT molecular complexity index is 1290. The number of nitrogens with zero attached hydrogens (tertiary/aromatic N) is 2. The molecule has 5 rings (SSSR count). The predicted molar refractivity (Wildman–Crippen MR) is 152 cm³/mol. The highest BCUT2D eigenvalue weighted by Crippen LogP contribution is 2.70. The maximum absolute atomic E-state index is 13.2. The van der Waals surface area contributed by atoms with Crippen LogP contribution in [-0.4, -0.2) is 49.4 Å². The number of hydrogen-bond acceptors (Lipinski definition) is 6. The first kappa shape index (κ1) is 27.5. The van der Waals surface area contributed by atoms with Crippen LogP contribution in [0, 0.1) is 5.92 Å². The molecule has 10 heteroatoms. The molecule has 8 nitrogen and oxygen atoms in total. The highest BCUT2D eigenvalue weighted by atomic mass is 28.4. The van der Waals surface area contributed by atoms with Gasteiger partial charge in [0.2, 0.25) is 0 Å². The van der Waals surface area contributed by atoms with Gasteiger partial charge in [0, 0.05) is 18.2 Å². The van der Waals surface area contributed by atoms with Crippen LogP contribution in [0.4, 0.5) is 5.82 Å². The highest BCUT2D eigenvalue weighted by molar-refractivity contribution is 6.74. The zero-order valence-electron chi connectivity index (χ0n) is 23.8. The van der Waals surface area contributed by atoms with Crippen LogP contribution >= 0.6 is 0 Å². The first-order valence-electron chi connectivity index (χ1n) is 13.6. The Labute approximate surface area is 227 Å². The van der Waals surface area contributed by atoms with Crippen LogP contribution in [0.15, 0.2) is 47.4 Å². The van der Waals surface area contributed by atoms with Gasteiger partial charge in [-0.15, -0.1) is 0 Å². The van der Waals surface area contributed by atoms with Gasteiger partial charge in [0.15, 0.2) is 16.6 Å². The minimum atomic E-state index is -2.06. The van der Waals surface area contributed by atoms with E-state index in [4.69, 9.17) is 13.6 Å². The molecule has 38 heavy (non-hydrogen) atoms. The minimum absolute atomic E-state index is 0.0820. The van der Waals surface area contributed by atoms with Crippen molar-refractivity contribution in [2.75, 3.05) is 5.32 Å². The third-order valence-corrected chi connectivity index (χ3v) is 14.1. The molecular formula is C28H41N3O5Si2. The van der Waals surface area contributed by atoms with E-state index >= 15 is 0 Å². The maximum Gasteiger partial charge on any atom is 0.351 e. The number of carbonyl (C=O) groups excluding carboxylic acids is 1. The molecule has 2 aliphatic carbocycles. The number of hydrogen-bond donors (Lipinski definition) is 1. The van der Waals surface area contributed by atoms with Crippen LogP contribution in [0.25, 0.3) is 0 Å².